The van der Waals surface area contributed by atoms with Gasteiger partial charge < -0.3 is 10.4 Å². The van der Waals surface area contributed by atoms with Crippen molar-refractivity contribution in [2.24, 2.45) is 5.92 Å². The lowest BCUT2D eigenvalue weighted by Crippen LogP contribution is -2.55. The molecule has 0 aliphatic carbocycles. The highest BCUT2D eigenvalue weighted by atomic mass is 32.2. The number of aliphatic hydroxyl groups is 1. The van der Waals surface area contributed by atoms with Crippen LogP contribution in [0.3, 0.4) is 0 Å². The molecule has 1 amide bonds. The summed E-state index contributed by atoms with van der Waals surface area (Å²) in [5, 5.41) is 13.5. The number of hydrogen-bond acceptors (Lipinski definition) is 4. The summed E-state index contributed by atoms with van der Waals surface area (Å²) in [6, 6.07) is -0.0819. The van der Waals surface area contributed by atoms with E-state index in [4.69, 9.17) is 0 Å². The maximum absolute atomic E-state index is 11.7. The molecule has 0 aromatic heterocycles. The number of rotatable bonds is 5. The highest BCUT2D eigenvalue weighted by Crippen LogP contribution is 2.19. The molecule has 0 bridgehead atoms. The van der Waals surface area contributed by atoms with E-state index in [0.29, 0.717) is 24.3 Å². The third-order valence-corrected chi connectivity index (χ3v) is 4.39. The van der Waals surface area contributed by atoms with E-state index in [1.807, 2.05) is 13.8 Å². The first kappa shape index (κ1) is 15.8. The van der Waals surface area contributed by atoms with Crippen LogP contribution in [0.2, 0.25) is 0 Å². The number of piperidine rings is 1. The Balaban J connectivity index is 2.40. The summed E-state index contributed by atoms with van der Waals surface area (Å²) in [5.74, 6) is 0.416. The van der Waals surface area contributed by atoms with E-state index in [9.17, 15) is 9.90 Å². The molecule has 1 heterocycles. The number of carbonyl (C=O) groups excluding carboxylic acids is 1. The van der Waals surface area contributed by atoms with Gasteiger partial charge in [0, 0.05) is 19.5 Å². The average molecular weight is 274 g/mol. The van der Waals surface area contributed by atoms with Crippen molar-refractivity contribution in [1.82, 2.24) is 10.2 Å². The van der Waals surface area contributed by atoms with Gasteiger partial charge in [0.2, 0.25) is 5.91 Å². The Morgan fingerprint density at radius 2 is 2.17 bits per heavy atom. The summed E-state index contributed by atoms with van der Waals surface area (Å²) in [7, 11) is 0. The molecule has 0 aromatic carbocycles. The van der Waals surface area contributed by atoms with Gasteiger partial charge in [-0.25, -0.2) is 0 Å². The largest absolute Gasteiger partial charge is 0.390 e. The molecule has 4 nitrogen and oxygen atoms in total. The zero-order valence-electron chi connectivity index (χ0n) is 11.8. The van der Waals surface area contributed by atoms with Crippen LogP contribution in [0.25, 0.3) is 0 Å². The van der Waals surface area contributed by atoms with Crippen LogP contribution in [0.4, 0.5) is 0 Å². The fraction of sp³-hybridized carbons (Fsp3) is 0.923. The molecule has 18 heavy (non-hydrogen) atoms. The number of nitrogens with one attached hydrogen (secondary N) is 1. The number of hydrogen-bond donors (Lipinski definition) is 2. The van der Waals surface area contributed by atoms with Crippen LogP contribution in [-0.2, 0) is 4.79 Å². The molecular weight excluding hydrogens is 248 g/mol. The summed E-state index contributed by atoms with van der Waals surface area (Å²) in [5.41, 5.74) is 0. The second kappa shape index (κ2) is 7.36. The lowest BCUT2D eigenvalue weighted by molar-refractivity contribution is -0.124. The Kier molecular flexibility index (Phi) is 6.46. The quantitative estimate of drug-likeness (QED) is 0.793. The standard InChI is InChI=1S/C13H26N2O2S/c1-9(2)7-13(17)14-11-5-6-15(8-12(11)16)10(3)18-4/h9-12,16H,5-8H2,1-4H3,(H,14,17). The van der Waals surface area contributed by atoms with Crippen molar-refractivity contribution in [1.29, 1.82) is 0 Å². The van der Waals surface area contributed by atoms with Gasteiger partial charge in [0.15, 0.2) is 0 Å². The number of β-amino-alcohol motifs (C(OH)–C–C–N with tert-alkyl or cyclic N) is 1. The molecule has 1 rings (SSSR count). The second-order valence-electron chi connectivity index (χ2n) is 5.46. The third kappa shape index (κ3) is 4.78. The van der Waals surface area contributed by atoms with Gasteiger partial charge in [0.1, 0.15) is 0 Å². The van der Waals surface area contributed by atoms with Gasteiger partial charge in [-0.3, -0.25) is 9.69 Å². The Labute approximate surface area is 115 Å². The molecule has 0 aromatic rings. The number of aliphatic hydroxyl groups excluding tert-OH is 1. The van der Waals surface area contributed by atoms with E-state index < -0.39 is 6.10 Å². The summed E-state index contributed by atoms with van der Waals surface area (Å²) >= 11 is 1.78. The predicted molar refractivity (Wildman–Crippen MR) is 76.6 cm³/mol. The summed E-state index contributed by atoms with van der Waals surface area (Å²) in [6.07, 6.45) is 2.99. The van der Waals surface area contributed by atoms with Crippen molar-refractivity contribution in [2.45, 2.75) is 51.1 Å². The molecule has 0 spiro atoms. The summed E-state index contributed by atoms with van der Waals surface area (Å²) in [6.45, 7) is 7.78. The topological polar surface area (TPSA) is 52.6 Å². The molecule has 106 valence electrons. The fourth-order valence-corrected chi connectivity index (χ4v) is 2.73. The minimum Gasteiger partial charge on any atom is -0.390 e. The molecule has 1 fully saturated rings. The van der Waals surface area contributed by atoms with E-state index in [-0.39, 0.29) is 11.9 Å². The lowest BCUT2D eigenvalue weighted by atomic mass is 10.0. The highest BCUT2D eigenvalue weighted by Gasteiger charge is 2.30. The maximum atomic E-state index is 11.7. The Hall–Kier alpha value is -0.260. The van der Waals surface area contributed by atoms with Crippen LogP contribution < -0.4 is 5.32 Å². The number of thioether (sulfide) groups is 1. The molecule has 0 saturated carbocycles. The van der Waals surface area contributed by atoms with E-state index in [0.717, 1.165) is 13.0 Å². The number of nitrogens with zero attached hydrogens (tertiary/aromatic N) is 1. The molecule has 2 N–H and O–H groups in total. The molecule has 3 atom stereocenters. The van der Waals surface area contributed by atoms with Gasteiger partial charge in [0.05, 0.1) is 17.5 Å². The van der Waals surface area contributed by atoms with Gasteiger partial charge in [0.25, 0.3) is 0 Å². The number of carbonyl (C=O) groups is 1. The molecule has 5 heteroatoms. The zero-order chi connectivity index (χ0) is 13.7. The summed E-state index contributed by atoms with van der Waals surface area (Å²) in [4.78, 5) is 14.0. The first-order chi connectivity index (χ1) is 8.43. The van der Waals surface area contributed by atoms with Gasteiger partial charge in [-0.05, 0) is 25.5 Å². The zero-order valence-corrected chi connectivity index (χ0v) is 12.7. The van der Waals surface area contributed by atoms with E-state index in [1.54, 1.807) is 11.8 Å². The molecule has 0 radical (unpaired) electrons. The van der Waals surface area contributed by atoms with Crippen LogP contribution in [0, 0.1) is 5.92 Å². The van der Waals surface area contributed by atoms with Gasteiger partial charge in [-0.1, -0.05) is 13.8 Å². The number of likely N-dealkylation sites (tertiary alicyclic amines) is 1. The second-order valence-corrected chi connectivity index (χ2v) is 6.61. The normalized spacial score (nSPS) is 27.2. The molecular formula is C13H26N2O2S. The van der Waals surface area contributed by atoms with Crippen LogP contribution in [0.1, 0.15) is 33.6 Å². The molecule has 3 unspecified atom stereocenters. The van der Waals surface area contributed by atoms with Crippen LogP contribution in [-0.4, -0.2) is 52.8 Å². The maximum Gasteiger partial charge on any atom is 0.220 e. The first-order valence-corrected chi connectivity index (χ1v) is 7.97. The Morgan fingerprint density at radius 3 is 2.67 bits per heavy atom. The van der Waals surface area contributed by atoms with Crippen LogP contribution >= 0.6 is 11.8 Å². The van der Waals surface area contributed by atoms with Gasteiger partial charge in [-0.15, -0.1) is 11.8 Å². The van der Waals surface area contributed by atoms with Crippen LogP contribution in [0.15, 0.2) is 0 Å². The average Bonchev–Trinajstić information content (AvgIpc) is 2.29. The summed E-state index contributed by atoms with van der Waals surface area (Å²) < 4.78 is 0. The predicted octanol–water partition coefficient (Wildman–Crippen LogP) is 1.29. The monoisotopic (exact) mass is 274 g/mol. The lowest BCUT2D eigenvalue weighted by Gasteiger charge is -2.38. The minimum atomic E-state index is -0.454. The SMILES string of the molecule is CSC(C)N1CCC(NC(=O)CC(C)C)C(O)C1. The van der Waals surface area contributed by atoms with E-state index in [2.05, 4.69) is 23.4 Å². The van der Waals surface area contributed by atoms with Crippen molar-refractivity contribution in [3.05, 3.63) is 0 Å². The molecule has 1 aliphatic heterocycles. The minimum absolute atomic E-state index is 0.0559. The van der Waals surface area contributed by atoms with Gasteiger partial charge in [-0.2, -0.15) is 0 Å². The van der Waals surface area contributed by atoms with E-state index in [1.165, 1.54) is 0 Å². The van der Waals surface area contributed by atoms with Crippen molar-refractivity contribution >= 4 is 17.7 Å². The Bertz CT molecular complexity index is 274. The Morgan fingerprint density at radius 1 is 1.50 bits per heavy atom. The highest BCUT2D eigenvalue weighted by molar-refractivity contribution is 7.99. The smallest absolute Gasteiger partial charge is 0.220 e. The molecule has 1 saturated heterocycles. The van der Waals surface area contributed by atoms with Crippen molar-refractivity contribution in [3.63, 3.8) is 0 Å². The first-order valence-electron chi connectivity index (χ1n) is 6.68. The fourth-order valence-electron chi connectivity index (χ4n) is 2.24. The van der Waals surface area contributed by atoms with Crippen molar-refractivity contribution < 1.29 is 9.90 Å². The third-order valence-electron chi connectivity index (χ3n) is 3.41. The van der Waals surface area contributed by atoms with Crippen LogP contribution in [0.5, 0.6) is 0 Å². The van der Waals surface area contributed by atoms with Gasteiger partial charge >= 0.3 is 0 Å². The molecule has 1 aliphatic rings. The van der Waals surface area contributed by atoms with Crippen molar-refractivity contribution in [2.75, 3.05) is 19.3 Å². The van der Waals surface area contributed by atoms with Crippen molar-refractivity contribution in [3.8, 4) is 0 Å². The number of amides is 1. The van der Waals surface area contributed by atoms with E-state index >= 15 is 0 Å².